The van der Waals surface area contributed by atoms with Crippen molar-refractivity contribution >= 4 is 11.9 Å². The number of rotatable bonds is 5. The summed E-state index contributed by atoms with van der Waals surface area (Å²) in [5.41, 5.74) is 0.228. The number of halogens is 3. The van der Waals surface area contributed by atoms with Gasteiger partial charge in [-0.2, -0.15) is 0 Å². The summed E-state index contributed by atoms with van der Waals surface area (Å²) in [7, 11) is 1.30. The van der Waals surface area contributed by atoms with Gasteiger partial charge in [-0.1, -0.05) is 5.10 Å². The molecule has 2 unspecified atom stereocenters. The standard InChI is InChI=1S/C19H15F3N4O3/c1-28-11-6-13(21)15(14(22)7-11)12-8-23-17(27)16(12)24-19-26-25-18(29-19)9-2-4-10(20)5-3-9/h2-7,12,16H,8H2,1H3,(H,23,27)(H,24,26). The molecule has 7 nitrogen and oxygen atoms in total. The summed E-state index contributed by atoms with van der Waals surface area (Å²) >= 11 is 0. The number of nitrogens with zero attached hydrogens (tertiary/aromatic N) is 2. The molecule has 1 fully saturated rings. The van der Waals surface area contributed by atoms with E-state index in [1.807, 2.05) is 0 Å². The van der Waals surface area contributed by atoms with Gasteiger partial charge in [0.25, 0.3) is 0 Å². The average Bonchev–Trinajstić information content (AvgIpc) is 3.30. The molecule has 10 heteroatoms. The fraction of sp³-hybridized carbons (Fsp3) is 0.211. The maximum absolute atomic E-state index is 14.5. The molecule has 29 heavy (non-hydrogen) atoms. The van der Waals surface area contributed by atoms with Gasteiger partial charge in [-0.05, 0) is 24.3 Å². The minimum Gasteiger partial charge on any atom is -0.497 e. The summed E-state index contributed by atoms with van der Waals surface area (Å²) in [6.07, 6.45) is 0. The highest BCUT2D eigenvalue weighted by Gasteiger charge is 2.40. The molecule has 1 amide bonds. The van der Waals surface area contributed by atoms with Crippen molar-refractivity contribution in [2.75, 3.05) is 19.0 Å². The first-order valence-electron chi connectivity index (χ1n) is 8.63. The lowest BCUT2D eigenvalue weighted by Crippen LogP contribution is -2.33. The predicted molar refractivity (Wildman–Crippen MR) is 95.8 cm³/mol. The minimum atomic E-state index is -1.03. The molecule has 4 rings (SSSR count). The van der Waals surface area contributed by atoms with E-state index < -0.39 is 35.3 Å². The van der Waals surface area contributed by atoms with E-state index >= 15 is 0 Å². The Morgan fingerprint density at radius 2 is 1.83 bits per heavy atom. The van der Waals surface area contributed by atoms with Gasteiger partial charge in [-0.15, -0.1) is 5.10 Å². The zero-order valence-electron chi connectivity index (χ0n) is 15.1. The van der Waals surface area contributed by atoms with E-state index in [-0.39, 0.29) is 29.8 Å². The molecular weight excluding hydrogens is 389 g/mol. The molecule has 1 saturated heterocycles. The Bertz CT molecular complexity index is 1030. The lowest BCUT2D eigenvalue weighted by atomic mass is 9.93. The van der Waals surface area contributed by atoms with Crippen molar-refractivity contribution in [1.82, 2.24) is 15.5 Å². The molecule has 2 heterocycles. The van der Waals surface area contributed by atoms with E-state index in [2.05, 4.69) is 20.8 Å². The molecule has 3 aromatic rings. The fourth-order valence-corrected chi connectivity index (χ4v) is 3.21. The number of amides is 1. The van der Waals surface area contributed by atoms with Crippen molar-refractivity contribution < 1.29 is 27.1 Å². The fourth-order valence-electron chi connectivity index (χ4n) is 3.21. The van der Waals surface area contributed by atoms with Crippen molar-refractivity contribution in [2.24, 2.45) is 0 Å². The highest BCUT2D eigenvalue weighted by Crippen LogP contribution is 2.33. The first kappa shape index (κ1) is 18.8. The zero-order valence-corrected chi connectivity index (χ0v) is 15.1. The Kier molecular flexibility index (Phi) is 4.83. The number of carbonyl (C=O) groups is 1. The second-order valence-corrected chi connectivity index (χ2v) is 6.40. The van der Waals surface area contributed by atoms with Crippen LogP contribution in [0.1, 0.15) is 11.5 Å². The molecule has 1 aromatic heterocycles. The highest BCUT2D eigenvalue weighted by atomic mass is 19.1. The van der Waals surface area contributed by atoms with E-state index in [0.717, 1.165) is 12.1 Å². The Labute approximate surface area is 162 Å². The minimum absolute atomic E-state index is 0.0234. The molecule has 1 aliphatic heterocycles. The Hall–Kier alpha value is -3.56. The average molecular weight is 404 g/mol. The van der Waals surface area contributed by atoms with Crippen LogP contribution in [0.15, 0.2) is 40.8 Å². The molecule has 1 aliphatic rings. The highest BCUT2D eigenvalue weighted by molar-refractivity contribution is 5.88. The summed E-state index contributed by atoms with van der Waals surface area (Å²) in [5.74, 6) is -3.25. The van der Waals surface area contributed by atoms with Crippen LogP contribution in [0.5, 0.6) is 5.75 Å². The second kappa shape index (κ2) is 7.46. The van der Waals surface area contributed by atoms with E-state index in [0.29, 0.717) is 5.56 Å². The molecule has 2 aromatic carbocycles. The Morgan fingerprint density at radius 1 is 1.14 bits per heavy atom. The van der Waals surface area contributed by atoms with Gasteiger partial charge in [0, 0.05) is 35.7 Å². The van der Waals surface area contributed by atoms with E-state index in [1.54, 1.807) is 0 Å². The smallest absolute Gasteiger partial charge is 0.316 e. The van der Waals surface area contributed by atoms with Crippen LogP contribution in [-0.2, 0) is 4.79 Å². The van der Waals surface area contributed by atoms with Crippen LogP contribution in [0.25, 0.3) is 11.5 Å². The number of carbonyl (C=O) groups excluding carboxylic acids is 1. The lowest BCUT2D eigenvalue weighted by molar-refractivity contribution is -0.119. The normalized spacial score (nSPS) is 18.6. The third kappa shape index (κ3) is 3.60. The maximum atomic E-state index is 14.5. The van der Waals surface area contributed by atoms with Crippen LogP contribution < -0.4 is 15.4 Å². The summed E-state index contributed by atoms with van der Waals surface area (Å²) < 4.78 is 52.3. The summed E-state index contributed by atoms with van der Waals surface area (Å²) in [4.78, 5) is 12.2. The van der Waals surface area contributed by atoms with E-state index in [4.69, 9.17) is 9.15 Å². The van der Waals surface area contributed by atoms with Crippen molar-refractivity contribution in [1.29, 1.82) is 0 Å². The largest absolute Gasteiger partial charge is 0.497 e. The second-order valence-electron chi connectivity index (χ2n) is 6.40. The number of hydrogen-bond acceptors (Lipinski definition) is 6. The predicted octanol–water partition coefficient (Wildman–Crippen LogP) is 2.86. The van der Waals surface area contributed by atoms with Gasteiger partial charge in [0.1, 0.15) is 29.2 Å². The van der Waals surface area contributed by atoms with Gasteiger partial charge in [0.05, 0.1) is 7.11 Å². The van der Waals surface area contributed by atoms with E-state index in [1.165, 1.54) is 31.4 Å². The van der Waals surface area contributed by atoms with Crippen LogP contribution in [0.4, 0.5) is 19.2 Å². The summed E-state index contributed by atoms with van der Waals surface area (Å²) in [6.45, 7) is 0.0234. The third-order valence-corrected chi connectivity index (χ3v) is 4.64. The molecule has 0 spiro atoms. The Morgan fingerprint density at radius 3 is 2.48 bits per heavy atom. The number of aromatic nitrogens is 2. The number of benzene rings is 2. The van der Waals surface area contributed by atoms with Crippen LogP contribution in [-0.4, -0.2) is 35.8 Å². The molecule has 2 atom stereocenters. The quantitative estimate of drug-likeness (QED) is 0.680. The SMILES string of the molecule is COc1cc(F)c(C2CNC(=O)C2Nc2nnc(-c3ccc(F)cc3)o2)c(F)c1. The van der Waals surface area contributed by atoms with Crippen LogP contribution in [0, 0.1) is 17.5 Å². The molecule has 0 saturated carbocycles. The van der Waals surface area contributed by atoms with Gasteiger partial charge in [0.2, 0.25) is 11.8 Å². The number of hydrogen-bond donors (Lipinski definition) is 2. The van der Waals surface area contributed by atoms with Crippen molar-refractivity contribution in [2.45, 2.75) is 12.0 Å². The molecule has 150 valence electrons. The molecular formula is C19H15F3N4O3. The molecule has 0 bridgehead atoms. The number of methoxy groups -OCH3 is 1. The van der Waals surface area contributed by atoms with Crippen molar-refractivity contribution in [3.63, 3.8) is 0 Å². The third-order valence-electron chi connectivity index (χ3n) is 4.64. The summed E-state index contributed by atoms with van der Waals surface area (Å²) in [6, 6.07) is 6.36. The van der Waals surface area contributed by atoms with Gasteiger partial charge in [-0.25, -0.2) is 13.2 Å². The van der Waals surface area contributed by atoms with Gasteiger partial charge >= 0.3 is 6.01 Å². The Balaban J connectivity index is 1.59. The van der Waals surface area contributed by atoms with Crippen LogP contribution >= 0.6 is 0 Å². The van der Waals surface area contributed by atoms with E-state index in [9.17, 15) is 18.0 Å². The number of anilines is 1. The van der Waals surface area contributed by atoms with Gasteiger partial charge in [0.15, 0.2) is 0 Å². The maximum Gasteiger partial charge on any atom is 0.316 e. The molecule has 0 aliphatic carbocycles. The summed E-state index contributed by atoms with van der Waals surface area (Å²) in [5, 5.41) is 12.9. The molecule has 0 radical (unpaired) electrons. The topological polar surface area (TPSA) is 89.3 Å². The molecule has 2 N–H and O–H groups in total. The zero-order chi connectivity index (χ0) is 20.5. The van der Waals surface area contributed by atoms with Gasteiger partial charge in [-0.3, -0.25) is 4.79 Å². The van der Waals surface area contributed by atoms with Crippen molar-refractivity contribution in [3.05, 3.63) is 59.4 Å². The first-order valence-corrected chi connectivity index (χ1v) is 8.63. The number of nitrogens with one attached hydrogen (secondary N) is 2. The van der Waals surface area contributed by atoms with Crippen LogP contribution in [0.3, 0.4) is 0 Å². The first-order chi connectivity index (χ1) is 14.0. The van der Waals surface area contributed by atoms with Gasteiger partial charge < -0.3 is 19.8 Å². The monoisotopic (exact) mass is 404 g/mol. The lowest BCUT2D eigenvalue weighted by Gasteiger charge is -2.19. The van der Waals surface area contributed by atoms with Crippen molar-refractivity contribution in [3.8, 4) is 17.2 Å². The number of ether oxygens (including phenoxy) is 1. The van der Waals surface area contributed by atoms with Crippen LogP contribution in [0.2, 0.25) is 0 Å².